The predicted molar refractivity (Wildman–Crippen MR) is 67.4 cm³/mol. The molecule has 6 nitrogen and oxygen atoms in total. The maximum atomic E-state index is 11.6. The van der Waals surface area contributed by atoms with Crippen molar-refractivity contribution in [2.75, 3.05) is 11.5 Å². The Hall–Kier alpha value is -1.89. The molecule has 0 spiro atoms. The van der Waals surface area contributed by atoms with Crippen LogP contribution >= 0.6 is 0 Å². The Kier molecular flexibility index (Phi) is 3.84. The Morgan fingerprint density at radius 3 is 2.47 bits per heavy atom. The van der Waals surface area contributed by atoms with Crippen LogP contribution in [0.2, 0.25) is 0 Å². The van der Waals surface area contributed by atoms with E-state index in [1.165, 1.54) is 0 Å². The van der Waals surface area contributed by atoms with E-state index in [9.17, 15) is 18.0 Å². The lowest BCUT2D eigenvalue weighted by Crippen LogP contribution is -2.34. The molecule has 0 saturated carbocycles. The van der Waals surface area contributed by atoms with Crippen LogP contribution in [0.25, 0.3) is 0 Å². The summed E-state index contributed by atoms with van der Waals surface area (Å²) in [5, 5.41) is 2.06. The normalized spacial score (nSPS) is 20.7. The van der Waals surface area contributed by atoms with Crippen LogP contribution in [0.5, 0.6) is 0 Å². The monoisotopic (exact) mass is 283 g/mol. The van der Waals surface area contributed by atoms with Crippen LogP contribution in [0.3, 0.4) is 0 Å². The molecule has 1 aromatic rings. The van der Waals surface area contributed by atoms with Crippen LogP contribution in [-0.2, 0) is 14.6 Å². The number of carbonyl (C=O) groups is 2. The van der Waals surface area contributed by atoms with E-state index >= 15 is 0 Å². The summed E-state index contributed by atoms with van der Waals surface area (Å²) in [6.07, 6.45) is -1.32. The summed E-state index contributed by atoms with van der Waals surface area (Å²) < 4.78 is 27.3. The fraction of sp³-hybridized carbons (Fsp3) is 0.333. The molecule has 0 aliphatic carbocycles. The molecule has 2 amide bonds. The highest BCUT2D eigenvalue weighted by molar-refractivity contribution is 7.91. The van der Waals surface area contributed by atoms with Crippen LogP contribution in [0.4, 0.5) is 4.79 Å². The summed E-state index contributed by atoms with van der Waals surface area (Å²) in [6.45, 7) is 0. The first-order valence-electron chi connectivity index (χ1n) is 5.74. The average molecular weight is 283 g/mol. The first kappa shape index (κ1) is 13.5. The van der Waals surface area contributed by atoms with Gasteiger partial charge in [-0.15, -0.1) is 0 Å². The number of ether oxygens (including phenoxy) is 1. The number of nitrogens with one attached hydrogen (secondary N) is 1. The Bertz CT molecular complexity index is 581. The highest BCUT2D eigenvalue weighted by Crippen LogP contribution is 2.14. The van der Waals surface area contributed by atoms with Crippen LogP contribution in [0.15, 0.2) is 30.3 Å². The van der Waals surface area contributed by atoms with Crippen molar-refractivity contribution in [1.82, 2.24) is 5.32 Å². The number of rotatable bonds is 2. The van der Waals surface area contributed by atoms with Gasteiger partial charge in [0.2, 0.25) is 0 Å². The molecule has 1 saturated heterocycles. The van der Waals surface area contributed by atoms with E-state index in [-0.39, 0.29) is 17.9 Å². The van der Waals surface area contributed by atoms with Gasteiger partial charge < -0.3 is 4.74 Å². The summed E-state index contributed by atoms with van der Waals surface area (Å²) in [5.74, 6) is -0.746. The fourth-order valence-electron chi connectivity index (χ4n) is 1.79. The first-order valence-corrected chi connectivity index (χ1v) is 7.56. The molecular formula is C12H13NO5S. The molecule has 102 valence electrons. The number of carbonyl (C=O) groups excluding carboxylic acids is 2. The highest BCUT2D eigenvalue weighted by atomic mass is 32.2. The van der Waals surface area contributed by atoms with Gasteiger partial charge in [0.1, 0.15) is 6.10 Å². The van der Waals surface area contributed by atoms with E-state index < -0.39 is 27.9 Å². The summed E-state index contributed by atoms with van der Waals surface area (Å²) in [5.41, 5.74) is 0.332. The Balaban J connectivity index is 1.87. The van der Waals surface area contributed by atoms with Gasteiger partial charge in [0, 0.05) is 5.56 Å². The first-order chi connectivity index (χ1) is 8.96. The van der Waals surface area contributed by atoms with Gasteiger partial charge in [0.05, 0.1) is 11.5 Å². The van der Waals surface area contributed by atoms with Crippen molar-refractivity contribution in [3.05, 3.63) is 35.9 Å². The zero-order valence-corrected chi connectivity index (χ0v) is 10.9. The van der Waals surface area contributed by atoms with E-state index in [0.717, 1.165) is 0 Å². The van der Waals surface area contributed by atoms with E-state index in [2.05, 4.69) is 5.32 Å². The molecule has 0 unspecified atom stereocenters. The molecule has 1 aromatic carbocycles. The minimum absolute atomic E-state index is 0.0115. The molecule has 19 heavy (non-hydrogen) atoms. The smallest absolute Gasteiger partial charge is 0.414 e. The number of alkyl carbamates (subject to hydrolysis) is 1. The molecule has 1 fully saturated rings. The van der Waals surface area contributed by atoms with Crippen molar-refractivity contribution >= 4 is 21.8 Å². The van der Waals surface area contributed by atoms with Gasteiger partial charge in [-0.05, 0) is 18.6 Å². The SMILES string of the molecule is O=C(NC(=O)c1ccccc1)O[C@H]1CCS(=O)(=O)C1. The number of sulfone groups is 1. The average Bonchev–Trinajstić information content (AvgIpc) is 2.69. The highest BCUT2D eigenvalue weighted by Gasteiger charge is 2.31. The largest absolute Gasteiger partial charge is 0.445 e. The van der Waals surface area contributed by atoms with Crippen molar-refractivity contribution in [3.63, 3.8) is 0 Å². The van der Waals surface area contributed by atoms with Crippen LogP contribution in [-0.4, -0.2) is 38.0 Å². The van der Waals surface area contributed by atoms with Crippen molar-refractivity contribution in [2.45, 2.75) is 12.5 Å². The number of amides is 2. The number of imide groups is 1. The van der Waals surface area contributed by atoms with Crippen molar-refractivity contribution in [2.24, 2.45) is 0 Å². The minimum Gasteiger partial charge on any atom is -0.445 e. The van der Waals surface area contributed by atoms with Gasteiger partial charge in [0.15, 0.2) is 9.84 Å². The Morgan fingerprint density at radius 2 is 1.89 bits per heavy atom. The second-order valence-corrected chi connectivity index (χ2v) is 6.48. The summed E-state index contributed by atoms with van der Waals surface area (Å²) in [7, 11) is -3.11. The number of hydrogen-bond acceptors (Lipinski definition) is 5. The zero-order valence-electron chi connectivity index (χ0n) is 10.0. The second kappa shape index (κ2) is 5.40. The molecule has 2 rings (SSSR count). The molecule has 1 heterocycles. The van der Waals surface area contributed by atoms with E-state index in [1.54, 1.807) is 30.3 Å². The maximum absolute atomic E-state index is 11.6. The standard InChI is InChI=1S/C12H13NO5S/c14-11(9-4-2-1-3-5-9)13-12(15)18-10-6-7-19(16,17)8-10/h1-5,10H,6-8H2,(H,13,14,15)/t10-/m0/s1. The molecule has 1 N–H and O–H groups in total. The Labute approximate surface area is 110 Å². The molecule has 7 heteroatoms. The van der Waals surface area contributed by atoms with Crippen molar-refractivity contribution < 1.29 is 22.7 Å². The molecule has 0 bridgehead atoms. The van der Waals surface area contributed by atoms with Crippen LogP contribution < -0.4 is 5.32 Å². The summed E-state index contributed by atoms with van der Waals surface area (Å²) in [4.78, 5) is 23.1. The van der Waals surface area contributed by atoms with Gasteiger partial charge in [-0.25, -0.2) is 13.2 Å². The van der Waals surface area contributed by atoms with E-state index in [1.807, 2.05) is 0 Å². The molecule has 1 aliphatic heterocycles. The molecule has 0 aromatic heterocycles. The number of benzene rings is 1. The van der Waals surface area contributed by atoms with Gasteiger partial charge in [0.25, 0.3) is 5.91 Å². The van der Waals surface area contributed by atoms with Crippen molar-refractivity contribution in [1.29, 1.82) is 0 Å². The third kappa shape index (κ3) is 3.78. The quantitative estimate of drug-likeness (QED) is 0.864. The van der Waals surface area contributed by atoms with E-state index in [4.69, 9.17) is 4.74 Å². The number of hydrogen-bond donors (Lipinski definition) is 1. The summed E-state index contributed by atoms with van der Waals surface area (Å²) in [6, 6.07) is 8.21. The van der Waals surface area contributed by atoms with Crippen LogP contribution in [0, 0.1) is 0 Å². The second-order valence-electron chi connectivity index (χ2n) is 4.25. The fourth-order valence-corrected chi connectivity index (χ4v) is 3.38. The minimum atomic E-state index is -3.11. The lowest BCUT2D eigenvalue weighted by atomic mass is 10.2. The lowest BCUT2D eigenvalue weighted by Gasteiger charge is -2.10. The molecular weight excluding hydrogens is 270 g/mol. The summed E-state index contributed by atoms with van der Waals surface area (Å²) >= 11 is 0. The van der Waals surface area contributed by atoms with Crippen LogP contribution in [0.1, 0.15) is 16.8 Å². The third-order valence-electron chi connectivity index (χ3n) is 2.72. The Morgan fingerprint density at radius 1 is 1.21 bits per heavy atom. The third-order valence-corrected chi connectivity index (χ3v) is 4.45. The van der Waals surface area contributed by atoms with Gasteiger partial charge in [-0.3, -0.25) is 10.1 Å². The van der Waals surface area contributed by atoms with Gasteiger partial charge >= 0.3 is 6.09 Å². The van der Waals surface area contributed by atoms with Gasteiger partial charge in [-0.1, -0.05) is 18.2 Å². The van der Waals surface area contributed by atoms with Crippen molar-refractivity contribution in [3.8, 4) is 0 Å². The zero-order chi connectivity index (χ0) is 13.9. The molecule has 1 atom stereocenters. The van der Waals surface area contributed by atoms with E-state index in [0.29, 0.717) is 5.56 Å². The van der Waals surface area contributed by atoms with Gasteiger partial charge in [-0.2, -0.15) is 0 Å². The predicted octanol–water partition coefficient (Wildman–Crippen LogP) is 0.740. The lowest BCUT2D eigenvalue weighted by molar-refractivity contribution is 0.0863. The molecule has 0 radical (unpaired) electrons. The topological polar surface area (TPSA) is 89.5 Å². The molecule has 1 aliphatic rings. The maximum Gasteiger partial charge on any atom is 0.414 e.